The predicted octanol–water partition coefficient (Wildman–Crippen LogP) is 8.67. The molecular formula is C48H36N4Si. The van der Waals surface area contributed by atoms with Crippen LogP contribution in [0.5, 0.6) is 0 Å². The number of aromatic nitrogens is 4. The van der Waals surface area contributed by atoms with Crippen molar-refractivity contribution >= 4 is 72.6 Å². The summed E-state index contributed by atoms with van der Waals surface area (Å²) in [6.07, 6.45) is 1.91. The summed E-state index contributed by atoms with van der Waals surface area (Å²) in [5.41, 5.74) is 6.94. The number of fused-ring (bicyclic) bond motifs is 6. The van der Waals surface area contributed by atoms with Crippen molar-refractivity contribution in [2.24, 2.45) is 0 Å². The number of nitrogens with zero attached hydrogens (tertiary/aromatic N) is 4. The van der Waals surface area contributed by atoms with E-state index in [-0.39, 0.29) is 0 Å². The Morgan fingerprint density at radius 3 is 1.45 bits per heavy atom. The minimum absolute atomic E-state index is 0.919. The van der Waals surface area contributed by atoms with Crippen molar-refractivity contribution < 1.29 is 0 Å². The Morgan fingerprint density at radius 2 is 0.887 bits per heavy atom. The first-order valence-corrected chi connectivity index (χ1v) is 20.2. The lowest BCUT2D eigenvalue weighted by Crippen LogP contribution is -2.75. The van der Waals surface area contributed by atoms with Crippen LogP contribution in [0, 0.1) is 13.8 Å². The quantitative estimate of drug-likeness (QED) is 0.129. The fourth-order valence-electron chi connectivity index (χ4n) is 8.54. The molecule has 0 spiro atoms. The van der Waals surface area contributed by atoms with Gasteiger partial charge in [-0.25, -0.2) is 9.97 Å². The molecule has 0 bridgehead atoms. The molecule has 0 radical (unpaired) electrons. The van der Waals surface area contributed by atoms with Crippen LogP contribution in [0.2, 0.25) is 0 Å². The van der Waals surface area contributed by atoms with E-state index in [0.29, 0.717) is 0 Å². The lowest BCUT2D eigenvalue weighted by atomic mass is 10.1. The van der Waals surface area contributed by atoms with Gasteiger partial charge in [0.25, 0.3) is 0 Å². The second-order valence-corrected chi connectivity index (χ2v) is 17.8. The summed E-state index contributed by atoms with van der Waals surface area (Å²) in [6.45, 7) is 4.34. The lowest BCUT2D eigenvalue weighted by Gasteiger charge is -2.34. The number of hydrogen-bond acceptors (Lipinski definition) is 2. The van der Waals surface area contributed by atoms with Crippen LogP contribution in [0.15, 0.2) is 182 Å². The van der Waals surface area contributed by atoms with Crippen LogP contribution in [0.3, 0.4) is 0 Å². The van der Waals surface area contributed by atoms with Crippen molar-refractivity contribution in [2.75, 3.05) is 0 Å². The first-order valence-electron chi connectivity index (χ1n) is 18.2. The second kappa shape index (κ2) is 12.3. The number of aryl methyl sites for hydroxylation is 2. The van der Waals surface area contributed by atoms with Crippen LogP contribution in [0.1, 0.15) is 11.1 Å². The molecule has 0 aliphatic heterocycles. The molecule has 0 saturated heterocycles. The maximum Gasteiger partial charge on any atom is 0.202 e. The van der Waals surface area contributed by atoms with Crippen molar-refractivity contribution in [3.8, 4) is 11.6 Å². The first-order chi connectivity index (χ1) is 26.1. The van der Waals surface area contributed by atoms with Gasteiger partial charge in [-0.15, -0.1) is 0 Å². The summed E-state index contributed by atoms with van der Waals surface area (Å²) < 4.78 is 4.68. The minimum Gasteiger partial charge on any atom is -0.294 e. The number of rotatable bonds is 6. The molecule has 0 atom stereocenters. The van der Waals surface area contributed by atoms with Crippen LogP contribution in [-0.4, -0.2) is 27.2 Å². The SMILES string of the molecule is Cc1ccnc(-n2c3ccccc3c3ccc([Si](c4ccccc4)(c4ccccc4)c4cc(C)cc(-n5c6ccccc6c6ccccc65)n4)cc32)c1. The summed E-state index contributed by atoms with van der Waals surface area (Å²) >= 11 is 0. The third-order valence-corrected chi connectivity index (χ3v) is 15.4. The largest absolute Gasteiger partial charge is 0.294 e. The van der Waals surface area contributed by atoms with Gasteiger partial charge in [0.2, 0.25) is 8.07 Å². The number of hydrogen-bond donors (Lipinski definition) is 0. The third-order valence-electron chi connectivity index (χ3n) is 10.8. The van der Waals surface area contributed by atoms with E-state index in [1.165, 1.54) is 48.2 Å². The lowest BCUT2D eigenvalue weighted by molar-refractivity contribution is 1.07. The molecule has 4 nitrogen and oxygen atoms in total. The monoisotopic (exact) mass is 696 g/mol. The van der Waals surface area contributed by atoms with E-state index in [0.717, 1.165) is 39.0 Å². The molecule has 4 aromatic heterocycles. The van der Waals surface area contributed by atoms with E-state index in [9.17, 15) is 0 Å². The molecule has 0 aliphatic rings. The highest BCUT2D eigenvalue weighted by molar-refractivity contribution is 7.19. The molecule has 0 N–H and O–H groups in total. The molecule has 0 unspecified atom stereocenters. The van der Waals surface area contributed by atoms with Gasteiger partial charge in [0.05, 0.1) is 22.1 Å². The van der Waals surface area contributed by atoms with Gasteiger partial charge in [-0.3, -0.25) is 9.13 Å². The van der Waals surface area contributed by atoms with Gasteiger partial charge >= 0.3 is 0 Å². The van der Waals surface area contributed by atoms with E-state index in [2.05, 4.69) is 199 Å². The van der Waals surface area contributed by atoms with E-state index < -0.39 is 8.07 Å². The molecule has 0 saturated carbocycles. The Morgan fingerprint density at radius 1 is 0.396 bits per heavy atom. The van der Waals surface area contributed by atoms with Gasteiger partial charge in [0, 0.05) is 33.1 Å². The zero-order valence-electron chi connectivity index (χ0n) is 29.6. The van der Waals surface area contributed by atoms with Crippen LogP contribution in [0.25, 0.3) is 55.2 Å². The summed E-state index contributed by atoms with van der Waals surface area (Å²) in [6, 6.07) is 64.2. The average Bonchev–Trinajstić information content (AvgIpc) is 3.72. The molecule has 252 valence electrons. The van der Waals surface area contributed by atoms with E-state index in [4.69, 9.17) is 9.97 Å². The van der Waals surface area contributed by atoms with Crippen LogP contribution in [0.4, 0.5) is 0 Å². The van der Waals surface area contributed by atoms with Gasteiger partial charge < -0.3 is 0 Å². The average molecular weight is 697 g/mol. The molecular weight excluding hydrogens is 661 g/mol. The Balaban J connectivity index is 1.33. The predicted molar refractivity (Wildman–Crippen MR) is 224 cm³/mol. The molecule has 0 aliphatic carbocycles. The number of para-hydroxylation sites is 3. The van der Waals surface area contributed by atoms with Crippen molar-refractivity contribution in [3.05, 3.63) is 193 Å². The Hall–Kier alpha value is -6.56. The second-order valence-electron chi connectivity index (χ2n) is 14.0. The number of benzene rings is 6. The van der Waals surface area contributed by atoms with Crippen molar-refractivity contribution in [3.63, 3.8) is 0 Å². The van der Waals surface area contributed by atoms with E-state index >= 15 is 0 Å². The molecule has 10 aromatic rings. The fraction of sp³-hybridized carbons (Fsp3) is 0.0417. The van der Waals surface area contributed by atoms with Crippen LogP contribution >= 0.6 is 0 Å². The highest BCUT2D eigenvalue weighted by Crippen LogP contribution is 2.33. The molecule has 0 amide bonds. The zero-order valence-corrected chi connectivity index (χ0v) is 30.6. The topological polar surface area (TPSA) is 35.6 Å². The molecule has 6 aromatic carbocycles. The zero-order chi connectivity index (χ0) is 35.5. The highest BCUT2D eigenvalue weighted by Gasteiger charge is 2.44. The van der Waals surface area contributed by atoms with Crippen LogP contribution in [-0.2, 0) is 0 Å². The standard InChI is InChI=1S/C48H36N4Si/c1-33-27-28-49-46(29-33)52-44-24-14-11-21-40(44)41-26-25-37(32-45(41)52)53(35-15-5-3-6-16-35,36-17-7-4-8-18-36)48-31-34(2)30-47(50-48)51-42-22-12-9-19-38(42)39-20-10-13-23-43(39)51/h3-32H,1-2H3. The van der Waals surface area contributed by atoms with Crippen molar-refractivity contribution in [1.29, 1.82) is 0 Å². The summed E-state index contributed by atoms with van der Waals surface area (Å²) in [4.78, 5) is 10.7. The maximum absolute atomic E-state index is 5.80. The van der Waals surface area contributed by atoms with Gasteiger partial charge in [-0.2, -0.15) is 0 Å². The molecule has 10 rings (SSSR count). The minimum atomic E-state index is -3.07. The normalized spacial score (nSPS) is 12.0. The molecule has 5 heteroatoms. The number of pyridine rings is 2. The van der Waals surface area contributed by atoms with Gasteiger partial charge in [-0.05, 0) is 89.1 Å². The highest BCUT2D eigenvalue weighted by atomic mass is 28.3. The third kappa shape index (κ3) is 4.81. The molecule has 4 heterocycles. The Kier molecular flexibility index (Phi) is 7.23. The maximum atomic E-state index is 5.80. The van der Waals surface area contributed by atoms with E-state index in [1.54, 1.807) is 0 Å². The Labute approximate surface area is 309 Å². The fourth-order valence-corrected chi connectivity index (χ4v) is 13.2. The molecule has 0 fully saturated rings. The summed E-state index contributed by atoms with van der Waals surface area (Å²) in [5.74, 6) is 1.85. The first kappa shape index (κ1) is 31.2. The van der Waals surface area contributed by atoms with Gasteiger partial charge in [-0.1, -0.05) is 127 Å². The summed E-state index contributed by atoms with van der Waals surface area (Å²) in [5, 5.41) is 9.82. The molecule has 53 heavy (non-hydrogen) atoms. The van der Waals surface area contributed by atoms with Gasteiger partial charge in [0.15, 0.2) is 0 Å². The van der Waals surface area contributed by atoms with Crippen molar-refractivity contribution in [2.45, 2.75) is 13.8 Å². The summed E-state index contributed by atoms with van der Waals surface area (Å²) in [7, 11) is -3.07. The van der Waals surface area contributed by atoms with E-state index in [1.807, 2.05) is 6.20 Å². The van der Waals surface area contributed by atoms with Crippen molar-refractivity contribution in [1.82, 2.24) is 19.1 Å². The smallest absolute Gasteiger partial charge is 0.202 e. The van der Waals surface area contributed by atoms with Gasteiger partial charge in [0.1, 0.15) is 11.6 Å². The van der Waals surface area contributed by atoms with Crippen LogP contribution < -0.4 is 20.9 Å². The Bertz CT molecular complexity index is 2890.